The Morgan fingerprint density at radius 1 is 1.00 bits per heavy atom. The molecule has 0 saturated heterocycles. The summed E-state index contributed by atoms with van der Waals surface area (Å²) in [6.45, 7) is 3.41. The van der Waals surface area contributed by atoms with E-state index in [-0.39, 0.29) is 18.9 Å². The molecule has 6 heteroatoms. The van der Waals surface area contributed by atoms with Gasteiger partial charge < -0.3 is 19.7 Å². The lowest BCUT2D eigenvalue weighted by Gasteiger charge is -2.16. The number of aliphatic hydroxyl groups excluding tert-OH is 2. The lowest BCUT2D eigenvalue weighted by Crippen LogP contribution is -2.21. The van der Waals surface area contributed by atoms with Crippen LogP contribution in [0.5, 0.6) is 0 Å². The maximum Gasteiger partial charge on any atom is 0.330 e. The Hall–Kier alpha value is -1.66. The van der Waals surface area contributed by atoms with Gasteiger partial charge in [-0.2, -0.15) is 0 Å². The van der Waals surface area contributed by atoms with E-state index in [0.29, 0.717) is 12.8 Å². The standard InChI is InChI=1S/C16H24O6/c1-11-6-7-13(17)8-9-16(20)22-12(2)10-14(18)4-3-5-15(19)21-11/h3,5,8-9,11-14,17-18H,4,6-7,10H2,1-2H3/t11-,12-,13-,14?/m1/s1. The van der Waals surface area contributed by atoms with Crippen LogP contribution in [0, 0.1) is 0 Å². The van der Waals surface area contributed by atoms with Crippen LogP contribution in [0.3, 0.4) is 0 Å². The molecule has 0 bridgehead atoms. The zero-order chi connectivity index (χ0) is 16.5. The molecule has 0 aromatic heterocycles. The van der Waals surface area contributed by atoms with E-state index in [0.717, 1.165) is 0 Å². The molecule has 0 saturated carbocycles. The van der Waals surface area contributed by atoms with Crippen molar-refractivity contribution in [1.29, 1.82) is 0 Å². The van der Waals surface area contributed by atoms with Crippen molar-refractivity contribution in [2.45, 2.75) is 63.9 Å². The molecular weight excluding hydrogens is 288 g/mol. The van der Waals surface area contributed by atoms with Crippen molar-refractivity contribution in [2.75, 3.05) is 0 Å². The van der Waals surface area contributed by atoms with Crippen molar-refractivity contribution >= 4 is 11.9 Å². The number of hydrogen-bond acceptors (Lipinski definition) is 6. The Bertz CT molecular complexity index is 428. The number of cyclic esters (lactones) is 2. The van der Waals surface area contributed by atoms with E-state index >= 15 is 0 Å². The number of hydrogen-bond donors (Lipinski definition) is 2. The monoisotopic (exact) mass is 312 g/mol. The average molecular weight is 312 g/mol. The van der Waals surface area contributed by atoms with E-state index in [9.17, 15) is 19.8 Å². The smallest absolute Gasteiger partial charge is 0.330 e. The van der Waals surface area contributed by atoms with E-state index in [2.05, 4.69) is 0 Å². The minimum atomic E-state index is -0.807. The van der Waals surface area contributed by atoms with Gasteiger partial charge in [0, 0.05) is 18.6 Å². The fraction of sp³-hybridized carbons (Fsp3) is 0.625. The van der Waals surface area contributed by atoms with Crippen LogP contribution in [0.15, 0.2) is 24.3 Å². The van der Waals surface area contributed by atoms with Crippen LogP contribution in [-0.2, 0) is 19.1 Å². The zero-order valence-corrected chi connectivity index (χ0v) is 13.0. The predicted molar refractivity (Wildman–Crippen MR) is 79.9 cm³/mol. The Morgan fingerprint density at radius 2 is 1.64 bits per heavy atom. The summed E-state index contributed by atoms with van der Waals surface area (Å²) in [5, 5.41) is 19.5. The molecule has 1 aliphatic heterocycles. The molecule has 0 fully saturated rings. The fourth-order valence-corrected chi connectivity index (χ4v) is 2.07. The van der Waals surface area contributed by atoms with Gasteiger partial charge in [-0.25, -0.2) is 9.59 Å². The molecule has 1 unspecified atom stereocenters. The van der Waals surface area contributed by atoms with Gasteiger partial charge in [0.1, 0.15) is 6.10 Å². The molecule has 4 atom stereocenters. The van der Waals surface area contributed by atoms with E-state index in [4.69, 9.17) is 9.47 Å². The first-order valence-electron chi connectivity index (χ1n) is 7.49. The third kappa shape index (κ3) is 7.95. The van der Waals surface area contributed by atoms with Crippen LogP contribution in [0.25, 0.3) is 0 Å². The Kier molecular flexibility index (Phi) is 7.84. The van der Waals surface area contributed by atoms with Crippen LogP contribution in [0.2, 0.25) is 0 Å². The fourth-order valence-electron chi connectivity index (χ4n) is 2.07. The normalized spacial score (nSPS) is 32.4. The van der Waals surface area contributed by atoms with Crippen LogP contribution >= 0.6 is 0 Å². The van der Waals surface area contributed by atoms with E-state index in [1.165, 1.54) is 24.3 Å². The summed E-state index contributed by atoms with van der Waals surface area (Å²) in [5.74, 6) is -1.03. The third-order valence-corrected chi connectivity index (χ3v) is 3.22. The topological polar surface area (TPSA) is 93.1 Å². The molecule has 1 rings (SSSR count). The maximum atomic E-state index is 11.6. The molecule has 0 aromatic rings. The molecule has 0 spiro atoms. The number of aliphatic hydroxyl groups is 2. The van der Waals surface area contributed by atoms with Crippen molar-refractivity contribution in [1.82, 2.24) is 0 Å². The zero-order valence-electron chi connectivity index (χ0n) is 13.0. The van der Waals surface area contributed by atoms with Crippen molar-refractivity contribution < 1.29 is 29.3 Å². The first kappa shape index (κ1) is 18.4. The van der Waals surface area contributed by atoms with Gasteiger partial charge in [0.05, 0.1) is 18.3 Å². The Morgan fingerprint density at radius 3 is 2.36 bits per heavy atom. The third-order valence-electron chi connectivity index (χ3n) is 3.22. The van der Waals surface area contributed by atoms with Crippen molar-refractivity contribution in [2.24, 2.45) is 0 Å². The second-order valence-corrected chi connectivity index (χ2v) is 5.53. The van der Waals surface area contributed by atoms with Gasteiger partial charge in [0.15, 0.2) is 0 Å². The molecular formula is C16H24O6. The summed E-state index contributed by atoms with van der Waals surface area (Å²) in [6.07, 6.45) is 4.40. The summed E-state index contributed by atoms with van der Waals surface area (Å²) in [4.78, 5) is 23.1. The quantitative estimate of drug-likeness (QED) is 0.654. The van der Waals surface area contributed by atoms with Crippen LogP contribution in [-0.4, -0.2) is 46.6 Å². The molecule has 2 N–H and O–H groups in total. The molecule has 22 heavy (non-hydrogen) atoms. The van der Waals surface area contributed by atoms with Crippen LogP contribution in [0.4, 0.5) is 0 Å². The minimum absolute atomic E-state index is 0.262. The molecule has 1 heterocycles. The average Bonchev–Trinajstić information content (AvgIpc) is 2.41. The minimum Gasteiger partial charge on any atom is -0.460 e. The summed E-state index contributed by atoms with van der Waals surface area (Å²) < 4.78 is 10.2. The van der Waals surface area contributed by atoms with Gasteiger partial charge in [0.25, 0.3) is 0 Å². The second-order valence-electron chi connectivity index (χ2n) is 5.53. The number of rotatable bonds is 0. The predicted octanol–water partition coefficient (Wildman–Crippen LogP) is 1.26. The van der Waals surface area contributed by atoms with Gasteiger partial charge >= 0.3 is 11.9 Å². The number of carbonyl (C=O) groups excluding carboxylic acids is 2. The summed E-state index contributed by atoms with van der Waals surface area (Å²) in [6, 6.07) is 0. The lowest BCUT2D eigenvalue weighted by atomic mass is 10.1. The SMILES string of the molecule is C[C@@H]1CC[C@@H](O)C=CC(=O)O[C@H](C)CC(O)CC=CC(=O)O1. The first-order chi connectivity index (χ1) is 10.4. The van der Waals surface area contributed by atoms with E-state index in [1.54, 1.807) is 13.8 Å². The van der Waals surface area contributed by atoms with Crippen molar-refractivity contribution in [3.63, 3.8) is 0 Å². The second kappa shape index (κ2) is 9.38. The molecule has 6 nitrogen and oxygen atoms in total. The Balaban J connectivity index is 2.71. The Labute approximate surface area is 130 Å². The van der Waals surface area contributed by atoms with E-state index in [1.807, 2.05) is 0 Å². The highest BCUT2D eigenvalue weighted by Crippen LogP contribution is 2.10. The summed E-state index contributed by atoms with van der Waals surface area (Å²) in [7, 11) is 0. The highest BCUT2D eigenvalue weighted by atomic mass is 16.5. The van der Waals surface area contributed by atoms with Crippen LogP contribution in [0.1, 0.15) is 39.5 Å². The summed E-state index contributed by atoms with van der Waals surface area (Å²) >= 11 is 0. The van der Waals surface area contributed by atoms with Gasteiger partial charge in [-0.3, -0.25) is 0 Å². The van der Waals surface area contributed by atoms with Crippen molar-refractivity contribution in [3.05, 3.63) is 24.3 Å². The van der Waals surface area contributed by atoms with E-state index < -0.39 is 30.3 Å². The highest BCUT2D eigenvalue weighted by Gasteiger charge is 2.14. The molecule has 0 radical (unpaired) electrons. The first-order valence-corrected chi connectivity index (χ1v) is 7.49. The number of carbonyl (C=O) groups is 2. The number of ether oxygens (including phenoxy) is 2. The molecule has 0 amide bonds. The molecule has 1 aliphatic rings. The van der Waals surface area contributed by atoms with Crippen molar-refractivity contribution in [3.8, 4) is 0 Å². The molecule has 0 aliphatic carbocycles. The molecule has 124 valence electrons. The maximum absolute atomic E-state index is 11.6. The number of esters is 2. The van der Waals surface area contributed by atoms with Gasteiger partial charge in [-0.05, 0) is 39.2 Å². The lowest BCUT2D eigenvalue weighted by molar-refractivity contribution is -0.143. The van der Waals surface area contributed by atoms with Crippen LogP contribution < -0.4 is 0 Å². The highest BCUT2D eigenvalue weighted by molar-refractivity contribution is 5.82. The van der Waals surface area contributed by atoms with Gasteiger partial charge in [-0.1, -0.05) is 6.08 Å². The largest absolute Gasteiger partial charge is 0.460 e. The summed E-state index contributed by atoms with van der Waals surface area (Å²) in [5.41, 5.74) is 0. The van der Waals surface area contributed by atoms with Gasteiger partial charge in [-0.15, -0.1) is 0 Å². The molecule has 0 aromatic carbocycles. The van der Waals surface area contributed by atoms with Gasteiger partial charge in [0.2, 0.25) is 0 Å².